The highest BCUT2D eigenvalue weighted by atomic mass is 35.5. The van der Waals surface area contributed by atoms with E-state index >= 15 is 0 Å². The van der Waals surface area contributed by atoms with Gasteiger partial charge < -0.3 is 5.11 Å². The topological polar surface area (TPSA) is 62.2 Å². The molecule has 0 aliphatic carbocycles. The van der Waals surface area contributed by atoms with Gasteiger partial charge in [-0.15, -0.1) is 10.2 Å². The number of halogens is 1. The van der Waals surface area contributed by atoms with Crippen LogP contribution in [-0.4, -0.2) is 14.5 Å². The van der Waals surface area contributed by atoms with Crippen molar-refractivity contribution in [1.29, 1.82) is 0 Å². The maximum atomic E-state index is 9.48. The number of hydrogen-bond donors (Lipinski definition) is 1. The van der Waals surface area contributed by atoms with Crippen molar-refractivity contribution in [3.8, 4) is 5.75 Å². The summed E-state index contributed by atoms with van der Waals surface area (Å²) in [7, 11) is 0. The lowest BCUT2D eigenvalue weighted by molar-refractivity contribution is 0.475. The molecular weight excluding hydrogens is 300 g/mol. The molecular formula is C16H15ClN4O. The van der Waals surface area contributed by atoms with Crippen LogP contribution in [0.4, 0.5) is 11.5 Å². The van der Waals surface area contributed by atoms with Crippen molar-refractivity contribution < 1.29 is 5.11 Å². The molecule has 5 nitrogen and oxygen atoms in total. The number of imidazole rings is 1. The second kappa shape index (κ2) is 5.77. The number of hydrogen-bond acceptors (Lipinski definition) is 4. The molecule has 3 aromatic rings. The van der Waals surface area contributed by atoms with Crippen molar-refractivity contribution in [2.45, 2.75) is 19.8 Å². The molecule has 3 rings (SSSR count). The molecule has 1 aromatic carbocycles. The fraction of sp³-hybridized carbons (Fsp3) is 0.188. The summed E-state index contributed by atoms with van der Waals surface area (Å²) in [5.41, 5.74) is 2.20. The molecule has 0 bridgehead atoms. The Labute approximate surface area is 132 Å². The van der Waals surface area contributed by atoms with Crippen molar-refractivity contribution in [3.63, 3.8) is 0 Å². The van der Waals surface area contributed by atoms with E-state index < -0.39 is 0 Å². The molecule has 2 heterocycles. The van der Waals surface area contributed by atoms with Crippen LogP contribution in [0.3, 0.4) is 0 Å². The minimum Gasteiger partial charge on any atom is -0.508 e. The van der Waals surface area contributed by atoms with Crippen molar-refractivity contribution >= 4 is 28.8 Å². The molecule has 112 valence electrons. The molecule has 0 aliphatic rings. The summed E-state index contributed by atoms with van der Waals surface area (Å²) in [4.78, 5) is 4.58. The zero-order valence-electron chi connectivity index (χ0n) is 12.2. The first-order valence-electron chi connectivity index (χ1n) is 6.93. The van der Waals surface area contributed by atoms with Gasteiger partial charge in [-0.25, -0.2) is 4.98 Å². The molecule has 0 aliphatic heterocycles. The molecule has 0 fully saturated rings. The van der Waals surface area contributed by atoms with Gasteiger partial charge in [-0.3, -0.25) is 4.40 Å². The third-order valence-electron chi connectivity index (χ3n) is 3.22. The van der Waals surface area contributed by atoms with E-state index in [1.54, 1.807) is 36.5 Å². The molecule has 0 saturated carbocycles. The first-order valence-corrected chi connectivity index (χ1v) is 7.30. The van der Waals surface area contributed by atoms with Crippen molar-refractivity contribution in [2.75, 3.05) is 0 Å². The SMILES string of the molecule is CC(C)c1nc2ccc(Cl)cn2c1N=Nc1cccc(O)c1. The molecule has 0 spiro atoms. The average molecular weight is 315 g/mol. The molecule has 2 aromatic heterocycles. The Balaban J connectivity index is 2.12. The molecule has 22 heavy (non-hydrogen) atoms. The maximum Gasteiger partial charge on any atom is 0.183 e. The van der Waals surface area contributed by atoms with Gasteiger partial charge in [0.05, 0.1) is 16.4 Å². The number of aromatic nitrogens is 2. The maximum absolute atomic E-state index is 9.48. The summed E-state index contributed by atoms with van der Waals surface area (Å²) in [5, 5.41) is 18.6. The second-order valence-electron chi connectivity index (χ2n) is 5.27. The molecule has 0 saturated heterocycles. The third-order valence-corrected chi connectivity index (χ3v) is 3.44. The van der Waals surface area contributed by atoms with E-state index in [-0.39, 0.29) is 11.7 Å². The second-order valence-corrected chi connectivity index (χ2v) is 5.71. The van der Waals surface area contributed by atoms with Crippen LogP contribution in [0, 0.1) is 0 Å². The van der Waals surface area contributed by atoms with E-state index in [1.165, 1.54) is 0 Å². The quantitative estimate of drug-likeness (QED) is 0.672. The van der Waals surface area contributed by atoms with Crippen molar-refractivity contribution in [3.05, 3.63) is 53.3 Å². The molecule has 0 radical (unpaired) electrons. The van der Waals surface area contributed by atoms with Crippen LogP contribution in [0.5, 0.6) is 5.75 Å². The van der Waals surface area contributed by atoms with Gasteiger partial charge >= 0.3 is 0 Å². The number of pyridine rings is 1. The van der Waals surface area contributed by atoms with Crippen molar-refractivity contribution in [2.24, 2.45) is 10.2 Å². The highest BCUT2D eigenvalue weighted by Crippen LogP contribution is 2.30. The Morgan fingerprint density at radius 3 is 2.73 bits per heavy atom. The van der Waals surface area contributed by atoms with Crippen LogP contribution >= 0.6 is 11.6 Å². The zero-order chi connectivity index (χ0) is 15.7. The minimum absolute atomic E-state index is 0.154. The van der Waals surface area contributed by atoms with Gasteiger partial charge in [0, 0.05) is 12.3 Å². The number of nitrogens with zero attached hydrogens (tertiary/aromatic N) is 4. The van der Waals surface area contributed by atoms with Crippen LogP contribution in [0.15, 0.2) is 52.8 Å². The van der Waals surface area contributed by atoms with E-state index in [0.717, 1.165) is 11.3 Å². The standard InChI is InChI=1S/C16H15ClN4O/c1-10(2)15-16(20-19-12-4-3-5-13(22)8-12)21-9-11(17)6-7-14(21)18-15/h3-10,22H,1-2H3. The summed E-state index contributed by atoms with van der Waals surface area (Å²) in [6.07, 6.45) is 1.77. The Kier molecular flexibility index (Phi) is 3.81. The van der Waals surface area contributed by atoms with E-state index in [0.29, 0.717) is 16.5 Å². The number of phenolic OH excluding ortho intramolecular Hbond substituents is 1. The highest BCUT2D eigenvalue weighted by molar-refractivity contribution is 6.30. The molecule has 6 heteroatoms. The summed E-state index contributed by atoms with van der Waals surface area (Å²) in [5.74, 6) is 1.01. The Morgan fingerprint density at radius 2 is 2.00 bits per heavy atom. The van der Waals surface area contributed by atoms with Gasteiger partial charge in [-0.1, -0.05) is 31.5 Å². The monoisotopic (exact) mass is 314 g/mol. The number of azo groups is 1. The highest BCUT2D eigenvalue weighted by Gasteiger charge is 2.15. The lowest BCUT2D eigenvalue weighted by Gasteiger charge is -2.02. The Bertz CT molecular complexity index is 854. The fourth-order valence-electron chi connectivity index (χ4n) is 2.17. The van der Waals surface area contributed by atoms with Gasteiger partial charge in [0.1, 0.15) is 11.4 Å². The normalized spacial score (nSPS) is 11.8. The summed E-state index contributed by atoms with van der Waals surface area (Å²) in [6, 6.07) is 10.3. The van der Waals surface area contributed by atoms with Crippen LogP contribution < -0.4 is 0 Å². The molecule has 0 unspecified atom stereocenters. The first kappa shape index (κ1) is 14.5. The fourth-order valence-corrected chi connectivity index (χ4v) is 2.33. The molecule has 0 atom stereocenters. The Morgan fingerprint density at radius 1 is 1.18 bits per heavy atom. The number of fused-ring (bicyclic) bond motifs is 1. The lowest BCUT2D eigenvalue weighted by atomic mass is 10.1. The predicted octanol–water partition coefficient (Wildman–Crippen LogP) is 5.23. The third kappa shape index (κ3) is 2.80. The van der Waals surface area contributed by atoms with E-state index in [1.807, 2.05) is 10.5 Å². The zero-order valence-corrected chi connectivity index (χ0v) is 13.0. The summed E-state index contributed by atoms with van der Waals surface area (Å²) in [6.45, 7) is 4.10. The van der Waals surface area contributed by atoms with Gasteiger partial charge in [-0.2, -0.15) is 0 Å². The van der Waals surface area contributed by atoms with E-state index in [9.17, 15) is 5.11 Å². The number of rotatable bonds is 3. The minimum atomic E-state index is 0.154. The average Bonchev–Trinajstić information content (AvgIpc) is 2.83. The van der Waals surface area contributed by atoms with Crippen LogP contribution in [0.25, 0.3) is 5.65 Å². The number of phenols is 1. The molecule has 1 N–H and O–H groups in total. The molecule has 0 amide bonds. The van der Waals surface area contributed by atoms with Gasteiger partial charge in [-0.05, 0) is 30.2 Å². The van der Waals surface area contributed by atoms with Crippen LogP contribution in [0.2, 0.25) is 5.02 Å². The van der Waals surface area contributed by atoms with Gasteiger partial charge in [0.2, 0.25) is 0 Å². The lowest BCUT2D eigenvalue weighted by Crippen LogP contribution is -1.87. The number of benzene rings is 1. The Hall–Kier alpha value is -2.40. The van der Waals surface area contributed by atoms with E-state index in [2.05, 4.69) is 29.1 Å². The largest absolute Gasteiger partial charge is 0.508 e. The van der Waals surface area contributed by atoms with E-state index in [4.69, 9.17) is 11.6 Å². The van der Waals surface area contributed by atoms with Gasteiger partial charge in [0.25, 0.3) is 0 Å². The first-order chi connectivity index (χ1) is 10.5. The number of aromatic hydroxyl groups is 1. The van der Waals surface area contributed by atoms with Crippen LogP contribution in [0.1, 0.15) is 25.5 Å². The van der Waals surface area contributed by atoms with Gasteiger partial charge in [0.15, 0.2) is 5.82 Å². The van der Waals surface area contributed by atoms with Crippen molar-refractivity contribution in [1.82, 2.24) is 9.38 Å². The summed E-state index contributed by atoms with van der Waals surface area (Å²) < 4.78 is 1.82. The summed E-state index contributed by atoms with van der Waals surface area (Å²) >= 11 is 6.06. The smallest absolute Gasteiger partial charge is 0.183 e. The van der Waals surface area contributed by atoms with Crippen LogP contribution in [-0.2, 0) is 0 Å². The predicted molar refractivity (Wildman–Crippen MR) is 86.6 cm³/mol.